The average molecular weight is 429 g/mol. The molecule has 0 aliphatic carbocycles. The van der Waals surface area contributed by atoms with Crippen LogP contribution in [0.5, 0.6) is 0 Å². The molecule has 31 heavy (non-hydrogen) atoms. The molecule has 9 heteroatoms. The van der Waals surface area contributed by atoms with E-state index < -0.39 is 17.7 Å². The summed E-state index contributed by atoms with van der Waals surface area (Å²) in [5, 5.41) is 6.83. The number of nitrogens with one attached hydrogen (secondary N) is 1. The summed E-state index contributed by atoms with van der Waals surface area (Å²) in [4.78, 5) is 24.1. The summed E-state index contributed by atoms with van der Waals surface area (Å²) in [6, 6.07) is 12.6. The number of halogens is 2. The number of rotatable bonds is 8. The molecule has 7 nitrogen and oxygen atoms in total. The lowest BCUT2D eigenvalue weighted by Gasteiger charge is -2.10. The van der Waals surface area contributed by atoms with Gasteiger partial charge in [0.2, 0.25) is 0 Å². The molecule has 0 aliphatic heterocycles. The molecule has 1 aromatic heterocycles. The van der Waals surface area contributed by atoms with E-state index in [1.54, 1.807) is 31.4 Å². The van der Waals surface area contributed by atoms with Gasteiger partial charge in [-0.25, -0.2) is 18.3 Å². The molecule has 2 aromatic carbocycles. The third-order valence-corrected chi connectivity index (χ3v) is 4.26. The summed E-state index contributed by atoms with van der Waals surface area (Å²) in [6.07, 6.45) is -0.0110. The summed E-state index contributed by atoms with van der Waals surface area (Å²) in [6.45, 7) is 0.820. The van der Waals surface area contributed by atoms with Crippen LogP contribution in [0.15, 0.2) is 59.4 Å². The number of carbonyl (C=O) groups excluding carboxylic acids is 1. The lowest BCUT2D eigenvalue weighted by atomic mass is 10.1. The van der Waals surface area contributed by atoms with Gasteiger partial charge in [0, 0.05) is 43.5 Å². The highest BCUT2D eigenvalue weighted by Crippen LogP contribution is 2.19. The number of anilines is 1. The number of carbonyl (C=O) groups is 1. The van der Waals surface area contributed by atoms with Gasteiger partial charge in [0.25, 0.3) is 5.56 Å². The van der Waals surface area contributed by atoms with E-state index in [0.29, 0.717) is 24.3 Å². The van der Waals surface area contributed by atoms with E-state index in [1.807, 2.05) is 0 Å². The molecule has 0 atom stereocenters. The SMILES string of the molecule is COCCCOC(=O)Nc1cccc(Cn2nc(-c3cc(F)cc(F)c3)ccc2=O)c1. The van der Waals surface area contributed by atoms with Gasteiger partial charge in [-0.15, -0.1) is 0 Å². The van der Waals surface area contributed by atoms with Gasteiger partial charge in [-0.2, -0.15) is 5.10 Å². The quantitative estimate of drug-likeness (QED) is 0.551. The largest absolute Gasteiger partial charge is 0.449 e. The van der Waals surface area contributed by atoms with Gasteiger partial charge >= 0.3 is 6.09 Å². The zero-order chi connectivity index (χ0) is 22.2. The van der Waals surface area contributed by atoms with Crippen LogP contribution in [0, 0.1) is 11.6 Å². The molecule has 0 radical (unpaired) electrons. The Balaban J connectivity index is 1.73. The highest BCUT2D eigenvalue weighted by Gasteiger charge is 2.09. The second-order valence-electron chi connectivity index (χ2n) is 6.68. The lowest BCUT2D eigenvalue weighted by Crippen LogP contribution is -2.23. The molecule has 0 bridgehead atoms. The van der Waals surface area contributed by atoms with Crippen molar-refractivity contribution in [2.24, 2.45) is 0 Å². The summed E-state index contributed by atoms with van der Waals surface area (Å²) < 4.78 is 38.2. The average Bonchev–Trinajstić information content (AvgIpc) is 2.72. The van der Waals surface area contributed by atoms with Crippen LogP contribution in [0.4, 0.5) is 19.3 Å². The summed E-state index contributed by atoms with van der Waals surface area (Å²) in [7, 11) is 1.57. The normalized spacial score (nSPS) is 10.7. The smallest absolute Gasteiger partial charge is 0.411 e. The number of ether oxygens (including phenoxy) is 2. The summed E-state index contributed by atoms with van der Waals surface area (Å²) in [5.41, 5.74) is 1.28. The van der Waals surface area contributed by atoms with Crippen LogP contribution in [-0.2, 0) is 16.0 Å². The third kappa shape index (κ3) is 6.45. The second-order valence-corrected chi connectivity index (χ2v) is 6.68. The van der Waals surface area contributed by atoms with Gasteiger partial charge in [-0.3, -0.25) is 10.1 Å². The summed E-state index contributed by atoms with van der Waals surface area (Å²) >= 11 is 0. The molecule has 3 rings (SSSR count). The zero-order valence-corrected chi connectivity index (χ0v) is 16.8. The Kier molecular flexibility index (Phi) is 7.45. The monoisotopic (exact) mass is 429 g/mol. The molecule has 1 N–H and O–H groups in total. The van der Waals surface area contributed by atoms with Crippen LogP contribution in [0.2, 0.25) is 0 Å². The van der Waals surface area contributed by atoms with E-state index in [2.05, 4.69) is 10.4 Å². The topological polar surface area (TPSA) is 82.4 Å². The van der Waals surface area contributed by atoms with Crippen LogP contribution >= 0.6 is 0 Å². The molecule has 1 heterocycles. The molecule has 1 amide bonds. The third-order valence-electron chi connectivity index (χ3n) is 4.26. The lowest BCUT2D eigenvalue weighted by molar-refractivity contribution is 0.134. The first kappa shape index (κ1) is 22.1. The highest BCUT2D eigenvalue weighted by atomic mass is 19.1. The fourth-order valence-corrected chi connectivity index (χ4v) is 2.86. The number of amides is 1. The van der Waals surface area contributed by atoms with E-state index in [9.17, 15) is 18.4 Å². The minimum absolute atomic E-state index is 0.100. The predicted molar refractivity (Wildman–Crippen MR) is 111 cm³/mol. The van der Waals surface area contributed by atoms with E-state index >= 15 is 0 Å². The standard InChI is InChI=1S/C22H21F2N3O4/c1-30-8-3-9-31-22(29)25-19-5-2-4-15(10-19)14-27-21(28)7-6-20(26-27)16-11-17(23)13-18(24)12-16/h2,4-7,10-13H,3,8-9,14H2,1H3,(H,25,29). The Bertz CT molecular complexity index is 1100. The van der Waals surface area contributed by atoms with Crippen molar-refractivity contribution in [3.05, 3.63) is 82.1 Å². The van der Waals surface area contributed by atoms with Gasteiger partial charge in [0.1, 0.15) is 11.6 Å². The van der Waals surface area contributed by atoms with E-state index in [4.69, 9.17) is 9.47 Å². The molecular weight excluding hydrogens is 408 g/mol. The molecule has 0 aliphatic rings. The van der Waals surface area contributed by atoms with Gasteiger partial charge in [0.15, 0.2) is 0 Å². The van der Waals surface area contributed by atoms with Crippen molar-refractivity contribution in [3.63, 3.8) is 0 Å². The van der Waals surface area contributed by atoms with Crippen molar-refractivity contribution in [2.75, 3.05) is 25.6 Å². The fraction of sp³-hybridized carbons (Fsp3) is 0.227. The molecule has 0 unspecified atom stereocenters. The van der Waals surface area contributed by atoms with Crippen molar-refractivity contribution in [1.82, 2.24) is 9.78 Å². The van der Waals surface area contributed by atoms with Crippen molar-refractivity contribution in [3.8, 4) is 11.3 Å². The van der Waals surface area contributed by atoms with E-state index in [1.165, 1.54) is 16.8 Å². The number of nitrogens with zero attached hydrogens (tertiary/aromatic N) is 2. The number of hydrogen-bond acceptors (Lipinski definition) is 5. The van der Waals surface area contributed by atoms with Gasteiger partial charge < -0.3 is 9.47 Å². The maximum Gasteiger partial charge on any atom is 0.411 e. The second kappa shape index (κ2) is 10.4. The Hall–Kier alpha value is -3.59. The molecular formula is C22H21F2N3O4. The van der Waals surface area contributed by atoms with E-state index in [-0.39, 0.29) is 30.0 Å². The van der Waals surface area contributed by atoms with Crippen molar-refractivity contribution < 1.29 is 23.0 Å². The van der Waals surface area contributed by atoms with Crippen molar-refractivity contribution in [1.29, 1.82) is 0 Å². The number of methoxy groups -OCH3 is 1. The van der Waals surface area contributed by atoms with Crippen molar-refractivity contribution >= 4 is 11.8 Å². The van der Waals surface area contributed by atoms with Crippen LogP contribution < -0.4 is 10.9 Å². The molecule has 0 saturated heterocycles. The first-order valence-electron chi connectivity index (χ1n) is 9.51. The number of aromatic nitrogens is 2. The first-order valence-corrected chi connectivity index (χ1v) is 9.51. The maximum absolute atomic E-state index is 13.5. The van der Waals surface area contributed by atoms with Crippen LogP contribution in [-0.4, -0.2) is 36.2 Å². The van der Waals surface area contributed by atoms with Gasteiger partial charge in [0.05, 0.1) is 18.8 Å². The minimum atomic E-state index is -0.734. The highest BCUT2D eigenvalue weighted by molar-refractivity contribution is 5.84. The predicted octanol–water partition coefficient (Wildman–Crippen LogP) is 3.82. The zero-order valence-electron chi connectivity index (χ0n) is 16.8. The molecule has 162 valence electrons. The van der Waals surface area contributed by atoms with Crippen LogP contribution in [0.3, 0.4) is 0 Å². The maximum atomic E-state index is 13.5. The Morgan fingerprint density at radius 1 is 1.06 bits per heavy atom. The molecule has 3 aromatic rings. The van der Waals surface area contributed by atoms with Crippen molar-refractivity contribution in [2.45, 2.75) is 13.0 Å². The Morgan fingerprint density at radius 3 is 2.58 bits per heavy atom. The molecule has 0 fully saturated rings. The summed E-state index contributed by atoms with van der Waals surface area (Å²) in [5.74, 6) is -1.47. The Morgan fingerprint density at radius 2 is 1.84 bits per heavy atom. The number of benzene rings is 2. The minimum Gasteiger partial charge on any atom is -0.449 e. The van der Waals surface area contributed by atoms with E-state index in [0.717, 1.165) is 18.2 Å². The van der Waals surface area contributed by atoms with Gasteiger partial charge in [-0.1, -0.05) is 12.1 Å². The fourth-order valence-electron chi connectivity index (χ4n) is 2.86. The Labute approximate surface area is 177 Å². The van der Waals surface area contributed by atoms with Gasteiger partial charge in [-0.05, 0) is 35.9 Å². The molecule has 0 saturated carbocycles. The molecule has 0 spiro atoms. The first-order chi connectivity index (χ1) is 14.9. The van der Waals surface area contributed by atoms with Crippen LogP contribution in [0.1, 0.15) is 12.0 Å². The van der Waals surface area contributed by atoms with Crippen LogP contribution in [0.25, 0.3) is 11.3 Å². The number of hydrogen-bond donors (Lipinski definition) is 1.